The lowest BCUT2D eigenvalue weighted by Gasteiger charge is -2.36. The van der Waals surface area contributed by atoms with Crippen molar-refractivity contribution in [3.05, 3.63) is 47.8 Å². The summed E-state index contributed by atoms with van der Waals surface area (Å²) in [6.07, 6.45) is 4.56. The van der Waals surface area contributed by atoms with Crippen molar-refractivity contribution < 1.29 is 5.11 Å². The Balaban J connectivity index is 1.33. The molecule has 1 N–H and O–H groups in total. The van der Waals surface area contributed by atoms with Gasteiger partial charge in [-0.1, -0.05) is 29.8 Å². The molecule has 2 aliphatic heterocycles. The third-order valence-electron chi connectivity index (χ3n) is 6.90. The van der Waals surface area contributed by atoms with Gasteiger partial charge in [-0.3, -0.25) is 0 Å². The maximum Gasteiger partial charge on any atom is 0.134 e. The van der Waals surface area contributed by atoms with E-state index in [1.807, 2.05) is 6.92 Å². The summed E-state index contributed by atoms with van der Waals surface area (Å²) in [6.45, 7) is 7.90. The highest BCUT2D eigenvalue weighted by Gasteiger charge is 2.61. The van der Waals surface area contributed by atoms with Crippen molar-refractivity contribution in [2.45, 2.75) is 44.1 Å². The smallest absolute Gasteiger partial charge is 0.134 e. The van der Waals surface area contributed by atoms with E-state index in [2.05, 4.69) is 57.0 Å². The van der Waals surface area contributed by atoms with Gasteiger partial charge in [0.15, 0.2) is 0 Å². The number of fused-ring (bicyclic) bond motifs is 1. The molecule has 2 saturated heterocycles. The van der Waals surface area contributed by atoms with Gasteiger partial charge in [0, 0.05) is 37.7 Å². The van der Waals surface area contributed by atoms with E-state index in [0.717, 1.165) is 56.6 Å². The Kier molecular flexibility index (Phi) is 3.73. The number of anilines is 2. The molecular formula is C22H28N4O. The van der Waals surface area contributed by atoms with Gasteiger partial charge in [-0.05, 0) is 44.6 Å². The number of hydrogen-bond donors (Lipinski definition) is 1. The topological polar surface area (TPSA) is 52.5 Å². The molecule has 0 unspecified atom stereocenters. The highest BCUT2D eigenvalue weighted by atomic mass is 16.3. The van der Waals surface area contributed by atoms with Crippen LogP contribution in [0.2, 0.25) is 0 Å². The van der Waals surface area contributed by atoms with Crippen molar-refractivity contribution in [2.75, 3.05) is 36.0 Å². The van der Waals surface area contributed by atoms with E-state index in [4.69, 9.17) is 0 Å². The zero-order valence-corrected chi connectivity index (χ0v) is 16.2. The van der Waals surface area contributed by atoms with Crippen LogP contribution in [-0.2, 0) is 5.41 Å². The predicted octanol–water partition coefficient (Wildman–Crippen LogP) is 2.91. The highest BCUT2D eigenvalue weighted by molar-refractivity contribution is 5.54. The quantitative estimate of drug-likeness (QED) is 0.908. The average Bonchev–Trinajstić information content (AvgIpc) is 3.23. The van der Waals surface area contributed by atoms with Gasteiger partial charge in [-0.25, -0.2) is 9.97 Å². The van der Waals surface area contributed by atoms with Gasteiger partial charge in [-0.2, -0.15) is 0 Å². The Morgan fingerprint density at radius 1 is 1.04 bits per heavy atom. The van der Waals surface area contributed by atoms with Crippen LogP contribution >= 0.6 is 0 Å². The molecule has 5 nitrogen and oxygen atoms in total. The molecule has 2 atom stereocenters. The number of aromatic nitrogens is 2. The Bertz CT molecular complexity index is 840. The Hall–Kier alpha value is -2.14. The van der Waals surface area contributed by atoms with Crippen molar-refractivity contribution in [2.24, 2.45) is 5.92 Å². The maximum atomic E-state index is 10.2. The van der Waals surface area contributed by atoms with Crippen molar-refractivity contribution in [1.29, 1.82) is 0 Å². The Morgan fingerprint density at radius 3 is 2.41 bits per heavy atom. The number of aliphatic hydroxyl groups is 1. The fourth-order valence-electron chi connectivity index (χ4n) is 4.89. The molecule has 0 bridgehead atoms. The summed E-state index contributed by atoms with van der Waals surface area (Å²) >= 11 is 0. The number of hydrogen-bond acceptors (Lipinski definition) is 5. The van der Waals surface area contributed by atoms with Crippen LogP contribution in [0.15, 0.2) is 36.7 Å². The van der Waals surface area contributed by atoms with E-state index in [0.29, 0.717) is 5.41 Å². The van der Waals surface area contributed by atoms with Crippen LogP contribution in [0, 0.1) is 12.8 Å². The van der Waals surface area contributed by atoms with Crippen LogP contribution in [0.1, 0.15) is 37.3 Å². The second kappa shape index (κ2) is 5.93. The minimum Gasteiger partial charge on any atom is -0.390 e. The van der Waals surface area contributed by atoms with Crippen LogP contribution in [0.25, 0.3) is 0 Å². The van der Waals surface area contributed by atoms with Gasteiger partial charge < -0.3 is 14.9 Å². The number of rotatable bonds is 3. The van der Waals surface area contributed by atoms with Gasteiger partial charge in [0.25, 0.3) is 0 Å². The third-order valence-corrected chi connectivity index (χ3v) is 6.90. The first kappa shape index (κ1) is 17.0. The second-order valence-corrected chi connectivity index (χ2v) is 9.02. The molecule has 142 valence electrons. The van der Waals surface area contributed by atoms with E-state index >= 15 is 0 Å². The van der Waals surface area contributed by atoms with Gasteiger partial charge in [0.1, 0.15) is 18.0 Å². The SMILES string of the molecule is Cc1ccc([C@]23C[C@H]2CN(c2cc(N4CCC(C)(O)CC4)ncn2)C3)cc1. The number of aryl methyl sites for hydroxylation is 1. The summed E-state index contributed by atoms with van der Waals surface area (Å²) in [4.78, 5) is 13.8. The maximum absolute atomic E-state index is 10.2. The average molecular weight is 364 g/mol. The summed E-state index contributed by atoms with van der Waals surface area (Å²) in [7, 11) is 0. The zero-order valence-electron chi connectivity index (χ0n) is 16.2. The highest BCUT2D eigenvalue weighted by Crippen LogP contribution is 2.59. The third kappa shape index (κ3) is 2.98. The second-order valence-electron chi connectivity index (χ2n) is 9.02. The van der Waals surface area contributed by atoms with Crippen LogP contribution in [0.5, 0.6) is 0 Å². The molecule has 3 aliphatic rings. The molecule has 1 aromatic heterocycles. The summed E-state index contributed by atoms with van der Waals surface area (Å²) in [6, 6.07) is 11.2. The van der Waals surface area contributed by atoms with Crippen molar-refractivity contribution >= 4 is 11.6 Å². The summed E-state index contributed by atoms with van der Waals surface area (Å²) in [5.41, 5.74) is 2.59. The predicted molar refractivity (Wildman–Crippen MR) is 107 cm³/mol. The molecular weight excluding hydrogens is 336 g/mol. The molecule has 1 aromatic carbocycles. The van der Waals surface area contributed by atoms with E-state index in [9.17, 15) is 5.11 Å². The van der Waals surface area contributed by atoms with E-state index in [-0.39, 0.29) is 0 Å². The normalized spacial score (nSPS) is 28.9. The van der Waals surface area contributed by atoms with Gasteiger partial charge in [-0.15, -0.1) is 0 Å². The fraction of sp³-hybridized carbons (Fsp3) is 0.545. The van der Waals surface area contributed by atoms with Crippen molar-refractivity contribution in [3.63, 3.8) is 0 Å². The van der Waals surface area contributed by atoms with Crippen LogP contribution in [0.4, 0.5) is 11.6 Å². The van der Waals surface area contributed by atoms with Crippen LogP contribution in [0.3, 0.4) is 0 Å². The molecule has 1 aliphatic carbocycles. The summed E-state index contributed by atoms with van der Waals surface area (Å²) in [5, 5.41) is 10.2. The van der Waals surface area contributed by atoms with Crippen molar-refractivity contribution in [3.8, 4) is 0 Å². The number of nitrogens with zero attached hydrogens (tertiary/aromatic N) is 4. The van der Waals surface area contributed by atoms with E-state index in [1.54, 1.807) is 6.33 Å². The van der Waals surface area contributed by atoms with Crippen LogP contribution < -0.4 is 9.80 Å². The minimum absolute atomic E-state index is 0.322. The van der Waals surface area contributed by atoms with Crippen molar-refractivity contribution in [1.82, 2.24) is 9.97 Å². The summed E-state index contributed by atoms with van der Waals surface area (Å²) in [5.74, 6) is 2.76. The Labute approximate surface area is 161 Å². The number of benzene rings is 1. The van der Waals surface area contributed by atoms with Gasteiger partial charge in [0.05, 0.1) is 5.60 Å². The number of piperidine rings is 2. The van der Waals surface area contributed by atoms with E-state index < -0.39 is 5.60 Å². The summed E-state index contributed by atoms with van der Waals surface area (Å²) < 4.78 is 0. The molecule has 5 rings (SSSR count). The fourth-order valence-corrected chi connectivity index (χ4v) is 4.89. The molecule has 3 fully saturated rings. The first-order valence-electron chi connectivity index (χ1n) is 10.1. The van der Waals surface area contributed by atoms with E-state index in [1.165, 1.54) is 17.5 Å². The minimum atomic E-state index is -0.539. The molecule has 0 spiro atoms. The van der Waals surface area contributed by atoms with Crippen LogP contribution in [-0.4, -0.2) is 46.9 Å². The first-order chi connectivity index (χ1) is 13.0. The molecule has 2 aromatic rings. The molecule has 27 heavy (non-hydrogen) atoms. The molecule has 0 radical (unpaired) electrons. The first-order valence-corrected chi connectivity index (χ1v) is 10.1. The lowest BCUT2D eigenvalue weighted by Crippen LogP contribution is -2.42. The van der Waals surface area contributed by atoms with Gasteiger partial charge in [0.2, 0.25) is 0 Å². The molecule has 5 heteroatoms. The molecule has 1 saturated carbocycles. The Morgan fingerprint density at radius 2 is 1.70 bits per heavy atom. The largest absolute Gasteiger partial charge is 0.390 e. The molecule has 0 amide bonds. The molecule has 3 heterocycles. The zero-order chi connectivity index (χ0) is 18.6. The standard InChI is InChI=1S/C22H28N4O/c1-16-3-5-17(6-4-16)22-12-18(22)13-26(14-22)20-11-19(23-15-24-20)25-9-7-21(2,27)8-10-25/h3-6,11,15,18,27H,7-10,12-14H2,1-2H3/t18-,22+/m0/s1. The monoisotopic (exact) mass is 364 g/mol. The lowest BCUT2D eigenvalue weighted by molar-refractivity contribution is 0.0350. The lowest BCUT2D eigenvalue weighted by atomic mass is 9.94. The van der Waals surface area contributed by atoms with Gasteiger partial charge >= 0.3 is 0 Å².